The molecule has 0 heterocycles. The summed E-state index contributed by atoms with van der Waals surface area (Å²) in [4.78, 5) is 24.9. The van der Waals surface area contributed by atoms with E-state index in [1.807, 2.05) is 36.4 Å². The fourth-order valence-electron chi connectivity index (χ4n) is 2.80. The fourth-order valence-corrected chi connectivity index (χ4v) is 3.58. The van der Waals surface area contributed by atoms with Gasteiger partial charge >= 0.3 is 0 Å². The number of rotatable bonds is 8. The summed E-state index contributed by atoms with van der Waals surface area (Å²) in [6.45, 7) is 2.49. The Hall–Kier alpha value is -3.05. The lowest BCUT2D eigenvalue weighted by atomic mass is 10.1. The first-order valence-corrected chi connectivity index (χ1v) is 10.6. The van der Waals surface area contributed by atoms with Crippen LogP contribution in [0.2, 0.25) is 0 Å². The third-order valence-corrected chi connectivity index (χ3v) is 5.37. The molecule has 3 rings (SSSR count). The Morgan fingerprint density at radius 3 is 2.28 bits per heavy atom. The predicted molar refractivity (Wildman–Crippen MR) is 120 cm³/mol. The number of anilines is 1. The highest BCUT2D eigenvalue weighted by Crippen LogP contribution is 2.17. The van der Waals surface area contributed by atoms with Crippen LogP contribution in [0.1, 0.15) is 27.0 Å². The summed E-state index contributed by atoms with van der Waals surface area (Å²) in [6, 6.07) is 25.1. The van der Waals surface area contributed by atoms with Crippen molar-refractivity contribution >= 4 is 29.3 Å². The van der Waals surface area contributed by atoms with Gasteiger partial charge in [-0.2, -0.15) is 0 Å². The molecule has 0 saturated heterocycles. The molecule has 0 aliphatic rings. The van der Waals surface area contributed by atoms with Crippen LogP contribution in [0.4, 0.5) is 5.69 Å². The third kappa shape index (κ3) is 6.50. The topological polar surface area (TPSA) is 58.2 Å². The SMILES string of the molecule is Cc1ccc(CSCC(=O)Nc2ccccc2C(=O)NCc2ccccc2)cc1. The average Bonchev–Trinajstić information content (AvgIpc) is 2.74. The molecular weight excluding hydrogens is 380 g/mol. The molecule has 5 heteroatoms. The second-order valence-corrected chi connectivity index (χ2v) is 7.73. The van der Waals surface area contributed by atoms with E-state index in [0.29, 0.717) is 23.5 Å². The van der Waals surface area contributed by atoms with Crippen LogP contribution < -0.4 is 10.6 Å². The van der Waals surface area contributed by atoms with Gasteiger partial charge in [0.1, 0.15) is 0 Å². The van der Waals surface area contributed by atoms with Gasteiger partial charge in [0.25, 0.3) is 5.91 Å². The summed E-state index contributed by atoms with van der Waals surface area (Å²) in [6.07, 6.45) is 0. The molecule has 0 bridgehead atoms. The largest absolute Gasteiger partial charge is 0.348 e. The molecular formula is C24H24N2O2S. The summed E-state index contributed by atoms with van der Waals surface area (Å²) in [5.74, 6) is 0.767. The van der Waals surface area contributed by atoms with Crippen LogP contribution in [-0.2, 0) is 17.1 Å². The van der Waals surface area contributed by atoms with Crippen molar-refractivity contribution in [2.24, 2.45) is 0 Å². The first-order chi connectivity index (χ1) is 14.1. The zero-order chi connectivity index (χ0) is 20.5. The Morgan fingerprint density at radius 2 is 1.52 bits per heavy atom. The number of carbonyl (C=O) groups excluding carboxylic acids is 2. The van der Waals surface area contributed by atoms with E-state index in [1.165, 1.54) is 11.1 Å². The zero-order valence-corrected chi connectivity index (χ0v) is 17.2. The van der Waals surface area contributed by atoms with Gasteiger partial charge in [0, 0.05) is 12.3 Å². The van der Waals surface area contributed by atoms with E-state index in [1.54, 1.807) is 30.0 Å². The van der Waals surface area contributed by atoms with E-state index < -0.39 is 0 Å². The average molecular weight is 405 g/mol. The Labute approximate surface area is 175 Å². The lowest BCUT2D eigenvalue weighted by Crippen LogP contribution is -2.25. The molecule has 0 spiro atoms. The lowest BCUT2D eigenvalue weighted by Gasteiger charge is -2.11. The molecule has 2 N–H and O–H groups in total. The molecule has 29 heavy (non-hydrogen) atoms. The summed E-state index contributed by atoms with van der Waals surface area (Å²) >= 11 is 1.55. The van der Waals surface area contributed by atoms with Gasteiger partial charge < -0.3 is 10.6 Å². The number of benzene rings is 3. The standard InChI is InChI=1S/C24H24N2O2S/c1-18-11-13-20(14-12-18)16-29-17-23(27)26-22-10-6-5-9-21(22)24(28)25-15-19-7-3-2-4-8-19/h2-14H,15-17H2,1H3,(H,25,28)(H,26,27). The smallest absolute Gasteiger partial charge is 0.253 e. The maximum absolute atomic E-state index is 12.6. The van der Waals surface area contributed by atoms with Gasteiger partial charge in [0.05, 0.1) is 17.0 Å². The Kier molecular flexibility index (Phi) is 7.47. The van der Waals surface area contributed by atoms with Crippen molar-refractivity contribution in [1.82, 2.24) is 5.32 Å². The number of hydrogen-bond donors (Lipinski definition) is 2. The molecule has 0 unspecified atom stereocenters. The summed E-state index contributed by atoms with van der Waals surface area (Å²) < 4.78 is 0. The van der Waals surface area contributed by atoms with E-state index in [9.17, 15) is 9.59 Å². The Bertz CT molecular complexity index is 956. The van der Waals surface area contributed by atoms with Crippen molar-refractivity contribution in [3.63, 3.8) is 0 Å². The quantitative estimate of drug-likeness (QED) is 0.567. The fraction of sp³-hybridized carbons (Fsp3) is 0.167. The molecule has 0 aromatic heterocycles. The van der Waals surface area contributed by atoms with Gasteiger partial charge in [-0.05, 0) is 30.2 Å². The van der Waals surface area contributed by atoms with Crippen molar-refractivity contribution in [2.45, 2.75) is 19.2 Å². The number of amides is 2. The van der Waals surface area contributed by atoms with Crippen molar-refractivity contribution < 1.29 is 9.59 Å². The van der Waals surface area contributed by atoms with Gasteiger partial charge in [-0.25, -0.2) is 0 Å². The molecule has 3 aromatic rings. The zero-order valence-electron chi connectivity index (χ0n) is 16.4. The maximum Gasteiger partial charge on any atom is 0.253 e. The molecule has 2 amide bonds. The summed E-state index contributed by atoms with van der Waals surface area (Å²) in [7, 11) is 0. The monoisotopic (exact) mass is 404 g/mol. The van der Waals surface area contributed by atoms with Gasteiger partial charge in [0.2, 0.25) is 5.91 Å². The van der Waals surface area contributed by atoms with Crippen LogP contribution in [0.15, 0.2) is 78.9 Å². The number of nitrogens with one attached hydrogen (secondary N) is 2. The molecule has 148 valence electrons. The van der Waals surface area contributed by atoms with Crippen LogP contribution in [0, 0.1) is 6.92 Å². The van der Waals surface area contributed by atoms with E-state index in [0.717, 1.165) is 11.3 Å². The molecule has 3 aromatic carbocycles. The highest BCUT2D eigenvalue weighted by Gasteiger charge is 2.13. The van der Waals surface area contributed by atoms with Crippen LogP contribution in [-0.4, -0.2) is 17.6 Å². The number of hydrogen-bond acceptors (Lipinski definition) is 3. The molecule has 0 fully saturated rings. The highest BCUT2D eigenvalue weighted by atomic mass is 32.2. The van der Waals surface area contributed by atoms with Crippen molar-refractivity contribution in [2.75, 3.05) is 11.1 Å². The van der Waals surface area contributed by atoms with Crippen molar-refractivity contribution in [3.8, 4) is 0 Å². The van der Waals surface area contributed by atoms with E-state index in [4.69, 9.17) is 0 Å². The van der Waals surface area contributed by atoms with E-state index >= 15 is 0 Å². The third-order valence-electron chi connectivity index (χ3n) is 4.36. The number of aryl methyl sites for hydroxylation is 1. The first kappa shape index (κ1) is 20.7. The van der Waals surface area contributed by atoms with Crippen LogP contribution in [0.5, 0.6) is 0 Å². The Balaban J connectivity index is 1.53. The minimum absolute atomic E-state index is 0.120. The van der Waals surface area contributed by atoms with Gasteiger partial charge in [-0.3, -0.25) is 9.59 Å². The molecule has 4 nitrogen and oxygen atoms in total. The normalized spacial score (nSPS) is 10.4. The van der Waals surface area contributed by atoms with Crippen LogP contribution >= 0.6 is 11.8 Å². The maximum atomic E-state index is 12.6. The Morgan fingerprint density at radius 1 is 0.828 bits per heavy atom. The minimum Gasteiger partial charge on any atom is -0.348 e. The number of para-hydroxylation sites is 1. The summed E-state index contributed by atoms with van der Waals surface area (Å²) in [5.41, 5.74) is 4.42. The molecule has 0 aliphatic carbocycles. The van der Waals surface area contributed by atoms with Gasteiger partial charge in [0.15, 0.2) is 0 Å². The van der Waals surface area contributed by atoms with Crippen LogP contribution in [0.25, 0.3) is 0 Å². The van der Waals surface area contributed by atoms with Crippen LogP contribution in [0.3, 0.4) is 0 Å². The highest BCUT2D eigenvalue weighted by molar-refractivity contribution is 7.99. The number of thioether (sulfide) groups is 1. The predicted octanol–water partition coefficient (Wildman–Crippen LogP) is 4.80. The molecule has 0 radical (unpaired) electrons. The second-order valence-electron chi connectivity index (χ2n) is 6.74. The van der Waals surface area contributed by atoms with Crippen molar-refractivity contribution in [3.05, 3.63) is 101 Å². The van der Waals surface area contributed by atoms with Crippen molar-refractivity contribution in [1.29, 1.82) is 0 Å². The summed E-state index contributed by atoms with van der Waals surface area (Å²) in [5, 5.41) is 5.77. The number of carbonyl (C=O) groups is 2. The lowest BCUT2D eigenvalue weighted by molar-refractivity contribution is -0.113. The molecule has 0 atom stereocenters. The van der Waals surface area contributed by atoms with Gasteiger partial charge in [-0.15, -0.1) is 11.8 Å². The van der Waals surface area contributed by atoms with Gasteiger partial charge in [-0.1, -0.05) is 72.3 Å². The van der Waals surface area contributed by atoms with E-state index in [-0.39, 0.29) is 11.8 Å². The second kappa shape index (κ2) is 10.5. The molecule has 0 aliphatic heterocycles. The van der Waals surface area contributed by atoms with E-state index in [2.05, 4.69) is 41.8 Å². The minimum atomic E-state index is -0.211. The molecule has 0 saturated carbocycles. The first-order valence-electron chi connectivity index (χ1n) is 9.46.